The number of anilines is 1. The molecule has 3 heterocycles. The molecule has 1 aliphatic heterocycles. The predicted molar refractivity (Wildman–Crippen MR) is 129 cm³/mol. The molecule has 2 aliphatic rings. The molecule has 0 atom stereocenters. The maximum atomic E-state index is 6.42. The van der Waals surface area contributed by atoms with E-state index in [4.69, 9.17) is 27.3 Å². The van der Waals surface area contributed by atoms with Crippen molar-refractivity contribution in [2.24, 2.45) is 0 Å². The number of nitrogen functional groups attached to an aromatic ring is 1. The third kappa shape index (κ3) is 3.41. The quantitative estimate of drug-likeness (QED) is 0.327. The summed E-state index contributed by atoms with van der Waals surface area (Å²) < 4.78 is 0. The SMILES string of the molecule is Nc1cc(CN2CC(Cl)C2)ccc1-c1nc2ccc(C3(c4ccccc4)CC3)nc2s1. The first-order valence-corrected chi connectivity index (χ1v) is 11.9. The van der Waals surface area contributed by atoms with Gasteiger partial charge in [0.2, 0.25) is 0 Å². The van der Waals surface area contributed by atoms with Gasteiger partial charge in [-0.05, 0) is 48.2 Å². The van der Waals surface area contributed by atoms with Gasteiger partial charge in [0.05, 0.1) is 11.1 Å². The Labute approximate surface area is 190 Å². The summed E-state index contributed by atoms with van der Waals surface area (Å²) in [5, 5.41) is 1.21. The van der Waals surface area contributed by atoms with Crippen LogP contribution in [0.4, 0.5) is 5.69 Å². The van der Waals surface area contributed by atoms with Gasteiger partial charge in [-0.3, -0.25) is 4.90 Å². The highest BCUT2D eigenvalue weighted by atomic mass is 35.5. The standard InChI is InChI=1S/C25H23ClN4S/c26-18-14-30(15-18)13-16-6-7-19(20(27)12-16)23-28-21-8-9-22(29-24(21)31-23)25(10-11-25)17-4-2-1-3-5-17/h1-9,12,18H,10-11,13-15,27H2. The number of nitrogens with zero attached hydrogens (tertiary/aromatic N) is 3. The van der Waals surface area contributed by atoms with Crippen LogP contribution in [0, 0.1) is 0 Å². The number of alkyl halides is 1. The molecule has 0 amide bonds. The lowest BCUT2D eigenvalue weighted by molar-refractivity contribution is 0.178. The van der Waals surface area contributed by atoms with Crippen molar-refractivity contribution >= 4 is 39.0 Å². The average molecular weight is 447 g/mol. The topological polar surface area (TPSA) is 55.0 Å². The summed E-state index contributed by atoms with van der Waals surface area (Å²) in [5.74, 6) is 0. The summed E-state index contributed by atoms with van der Waals surface area (Å²) in [6.45, 7) is 2.78. The molecular weight excluding hydrogens is 424 g/mol. The molecule has 4 aromatic rings. The van der Waals surface area contributed by atoms with Crippen LogP contribution in [0.5, 0.6) is 0 Å². The third-order valence-corrected chi connectivity index (χ3v) is 7.76. The van der Waals surface area contributed by atoms with E-state index in [0.717, 1.165) is 64.8 Å². The first-order valence-electron chi connectivity index (χ1n) is 10.7. The van der Waals surface area contributed by atoms with Gasteiger partial charge in [0.15, 0.2) is 0 Å². The molecule has 31 heavy (non-hydrogen) atoms. The molecule has 6 rings (SSSR count). The highest BCUT2D eigenvalue weighted by molar-refractivity contribution is 7.21. The van der Waals surface area contributed by atoms with Gasteiger partial charge in [-0.1, -0.05) is 47.7 Å². The predicted octanol–water partition coefficient (Wildman–Crippen LogP) is 5.44. The minimum atomic E-state index is 0.0686. The van der Waals surface area contributed by atoms with Crippen molar-refractivity contribution in [2.45, 2.75) is 30.2 Å². The van der Waals surface area contributed by atoms with Crippen molar-refractivity contribution < 1.29 is 0 Å². The number of aromatic nitrogens is 2. The summed E-state index contributed by atoms with van der Waals surface area (Å²) in [4.78, 5) is 13.2. The Bertz CT molecular complexity index is 1260. The summed E-state index contributed by atoms with van der Waals surface area (Å²) in [6.07, 6.45) is 2.30. The fourth-order valence-corrected chi connectivity index (χ4v) is 5.95. The van der Waals surface area contributed by atoms with Crippen LogP contribution in [0.15, 0.2) is 60.7 Å². The van der Waals surface area contributed by atoms with E-state index < -0.39 is 0 Å². The number of benzene rings is 2. The maximum absolute atomic E-state index is 6.42. The summed E-state index contributed by atoms with van der Waals surface area (Å²) in [7, 11) is 0. The lowest BCUT2D eigenvalue weighted by atomic mass is 9.92. The van der Waals surface area contributed by atoms with Crippen LogP contribution in [0.3, 0.4) is 0 Å². The van der Waals surface area contributed by atoms with Gasteiger partial charge in [-0.15, -0.1) is 11.6 Å². The van der Waals surface area contributed by atoms with Crippen molar-refractivity contribution in [1.82, 2.24) is 14.9 Å². The number of hydrogen-bond acceptors (Lipinski definition) is 5. The van der Waals surface area contributed by atoms with Crippen LogP contribution in [-0.4, -0.2) is 33.3 Å². The highest BCUT2D eigenvalue weighted by Gasteiger charge is 2.47. The number of fused-ring (bicyclic) bond motifs is 1. The van der Waals surface area contributed by atoms with E-state index >= 15 is 0 Å². The van der Waals surface area contributed by atoms with Gasteiger partial charge >= 0.3 is 0 Å². The molecule has 2 aromatic heterocycles. The lowest BCUT2D eigenvalue weighted by Gasteiger charge is -2.35. The Balaban J connectivity index is 1.30. The van der Waals surface area contributed by atoms with Gasteiger partial charge in [-0.2, -0.15) is 0 Å². The molecule has 4 nitrogen and oxygen atoms in total. The van der Waals surface area contributed by atoms with Crippen LogP contribution in [0.25, 0.3) is 20.9 Å². The van der Waals surface area contributed by atoms with E-state index in [1.54, 1.807) is 11.3 Å². The maximum Gasteiger partial charge on any atom is 0.144 e. The van der Waals surface area contributed by atoms with E-state index in [2.05, 4.69) is 65.6 Å². The number of pyridine rings is 1. The minimum Gasteiger partial charge on any atom is -0.398 e. The molecule has 1 saturated carbocycles. The molecule has 2 fully saturated rings. The van der Waals surface area contributed by atoms with Crippen LogP contribution in [0.1, 0.15) is 29.7 Å². The third-order valence-electron chi connectivity index (χ3n) is 6.49. The van der Waals surface area contributed by atoms with E-state index in [-0.39, 0.29) is 10.8 Å². The first-order chi connectivity index (χ1) is 15.1. The zero-order valence-corrected chi connectivity index (χ0v) is 18.7. The Morgan fingerprint density at radius 3 is 2.55 bits per heavy atom. The molecule has 2 aromatic carbocycles. The van der Waals surface area contributed by atoms with E-state index in [0.29, 0.717) is 0 Å². The molecule has 0 bridgehead atoms. The molecular formula is C25H23ClN4S. The molecule has 156 valence electrons. The Morgan fingerprint density at radius 1 is 1.03 bits per heavy atom. The number of rotatable bonds is 5. The lowest BCUT2D eigenvalue weighted by Crippen LogP contribution is -2.46. The molecule has 0 radical (unpaired) electrons. The van der Waals surface area contributed by atoms with Crippen molar-refractivity contribution in [1.29, 1.82) is 0 Å². The molecule has 6 heteroatoms. The van der Waals surface area contributed by atoms with Crippen LogP contribution in [-0.2, 0) is 12.0 Å². The van der Waals surface area contributed by atoms with E-state index in [9.17, 15) is 0 Å². The van der Waals surface area contributed by atoms with Crippen molar-refractivity contribution in [3.63, 3.8) is 0 Å². The van der Waals surface area contributed by atoms with Crippen LogP contribution < -0.4 is 5.73 Å². The largest absolute Gasteiger partial charge is 0.398 e. The fraction of sp³-hybridized carbons (Fsp3) is 0.280. The number of thiazole rings is 1. The summed E-state index contributed by atoms with van der Waals surface area (Å²) in [6, 6.07) is 21.3. The Hall–Kier alpha value is -2.47. The zero-order chi connectivity index (χ0) is 21.0. The second-order valence-corrected chi connectivity index (χ2v) is 10.3. The second-order valence-electron chi connectivity index (χ2n) is 8.70. The van der Waals surface area contributed by atoms with Gasteiger partial charge in [0, 0.05) is 36.3 Å². The van der Waals surface area contributed by atoms with Crippen LogP contribution >= 0.6 is 22.9 Å². The van der Waals surface area contributed by atoms with E-state index in [1.165, 1.54) is 11.1 Å². The minimum absolute atomic E-state index is 0.0686. The van der Waals surface area contributed by atoms with Gasteiger partial charge < -0.3 is 5.73 Å². The van der Waals surface area contributed by atoms with Crippen molar-refractivity contribution in [3.8, 4) is 10.6 Å². The van der Waals surface area contributed by atoms with Gasteiger partial charge in [0.25, 0.3) is 0 Å². The number of likely N-dealkylation sites (tertiary alicyclic amines) is 1. The van der Waals surface area contributed by atoms with E-state index in [1.807, 2.05) is 0 Å². The average Bonchev–Trinajstić information content (AvgIpc) is 3.46. The fourth-order valence-electron chi connectivity index (χ4n) is 4.57. The highest BCUT2D eigenvalue weighted by Crippen LogP contribution is 2.53. The summed E-state index contributed by atoms with van der Waals surface area (Å²) in [5.41, 5.74) is 12.9. The summed E-state index contributed by atoms with van der Waals surface area (Å²) >= 11 is 7.71. The van der Waals surface area contributed by atoms with Crippen molar-refractivity contribution in [3.05, 3.63) is 77.5 Å². The monoisotopic (exact) mass is 446 g/mol. The molecule has 1 aliphatic carbocycles. The number of nitrogens with two attached hydrogens (primary N) is 1. The molecule has 1 saturated heterocycles. The molecule has 0 spiro atoms. The van der Waals surface area contributed by atoms with Gasteiger partial charge in [0.1, 0.15) is 15.4 Å². The van der Waals surface area contributed by atoms with Gasteiger partial charge in [-0.25, -0.2) is 9.97 Å². The molecule has 2 N–H and O–H groups in total. The Morgan fingerprint density at radius 2 is 1.84 bits per heavy atom. The van der Waals surface area contributed by atoms with Crippen molar-refractivity contribution in [2.75, 3.05) is 18.8 Å². The number of halogens is 1. The second kappa shape index (κ2) is 7.30. The normalized spacial score (nSPS) is 18.2. The number of hydrogen-bond donors (Lipinski definition) is 1. The smallest absolute Gasteiger partial charge is 0.144 e. The molecule has 0 unspecified atom stereocenters. The first kappa shape index (κ1) is 19.2. The van der Waals surface area contributed by atoms with Crippen LogP contribution in [0.2, 0.25) is 0 Å². The zero-order valence-electron chi connectivity index (χ0n) is 17.1. The Kier molecular flexibility index (Phi) is 4.53.